The van der Waals surface area contributed by atoms with Crippen LogP contribution in [0.3, 0.4) is 0 Å². The lowest BCUT2D eigenvalue weighted by Gasteiger charge is -2.09. The Morgan fingerprint density at radius 3 is 1.60 bits per heavy atom. The van der Waals surface area contributed by atoms with E-state index in [0.717, 1.165) is 11.1 Å². The minimum Gasteiger partial charge on any atom is -0.406 e. The summed E-state index contributed by atoms with van der Waals surface area (Å²) in [5.74, 6) is -0.235. The number of nitrogens with two attached hydrogens (primary N) is 1. The van der Waals surface area contributed by atoms with Gasteiger partial charge in [0.2, 0.25) is 0 Å². The van der Waals surface area contributed by atoms with Crippen molar-refractivity contribution in [2.45, 2.75) is 20.2 Å². The lowest BCUT2D eigenvalue weighted by molar-refractivity contribution is -0.274. The van der Waals surface area contributed by atoms with Crippen molar-refractivity contribution < 1.29 is 17.9 Å². The van der Waals surface area contributed by atoms with Crippen LogP contribution in [0, 0.1) is 0 Å². The van der Waals surface area contributed by atoms with E-state index in [1.165, 1.54) is 12.1 Å². The van der Waals surface area contributed by atoms with Gasteiger partial charge in [-0.1, -0.05) is 38.1 Å². The predicted octanol–water partition coefficient (Wildman–Crippen LogP) is 4.86. The zero-order valence-corrected chi connectivity index (χ0v) is 11.2. The largest absolute Gasteiger partial charge is 0.573 e. The van der Waals surface area contributed by atoms with Gasteiger partial charge in [-0.2, -0.15) is 0 Å². The highest BCUT2D eigenvalue weighted by atomic mass is 19.4. The molecular weight excluding hydrogens is 267 g/mol. The second-order valence-corrected chi connectivity index (χ2v) is 3.69. The smallest absolute Gasteiger partial charge is 0.406 e. The number of rotatable bonds is 2. The first kappa shape index (κ1) is 15.9. The van der Waals surface area contributed by atoms with E-state index in [2.05, 4.69) is 4.74 Å². The van der Waals surface area contributed by atoms with E-state index in [1.54, 1.807) is 36.4 Å². The SMILES string of the molecule is CC.Nc1ccc(-c2ccc(OC(F)(F)F)cc2)cc1. The molecule has 0 unspecified atom stereocenters. The summed E-state index contributed by atoms with van der Waals surface area (Å²) < 4.78 is 39.7. The van der Waals surface area contributed by atoms with Gasteiger partial charge in [0, 0.05) is 5.69 Å². The predicted molar refractivity (Wildman–Crippen MR) is 74.3 cm³/mol. The van der Waals surface area contributed by atoms with Crippen molar-refractivity contribution in [2.75, 3.05) is 5.73 Å². The van der Waals surface area contributed by atoms with Gasteiger partial charge in [0.1, 0.15) is 5.75 Å². The van der Waals surface area contributed by atoms with Crippen LogP contribution in [0.1, 0.15) is 13.8 Å². The van der Waals surface area contributed by atoms with E-state index in [9.17, 15) is 13.2 Å². The zero-order valence-electron chi connectivity index (χ0n) is 11.2. The minimum atomic E-state index is -4.66. The first-order valence-electron chi connectivity index (χ1n) is 6.16. The van der Waals surface area contributed by atoms with Crippen molar-refractivity contribution in [3.8, 4) is 16.9 Å². The molecule has 2 N–H and O–H groups in total. The maximum atomic E-state index is 12.0. The van der Waals surface area contributed by atoms with Crippen LogP contribution in [0.2, 0.25) is 0 Å². The highest BCUT2D eigenvalue weighted by Crippen LogP contribution is 2.26. The standard InChI is InChI=1S/C13H10F3NO.C2H6/c14-13(15,16)18-12-7-3-10(4-8-12)9-1-5-11(17)6-2-9;1-2/h1-8H,17H2;1-2H3. The Kier molecular flexibility index (Phi) is 5.43. The average Bonchev–Trinajstić information content (AvgIpc) is 2.41. The fourth-order valence-electron chi connectivity index (χ4n) is 1.52. The maximum Gasteiger partial charge on any atom is 0.573 e. The molecule has 0 aliphatic heterocycles. The minimum absolute atomic E-state index is 0.235. The molecule has 0 fully saturated rings. The van der Waals surface area contributed by atoms with E-state index in [1.807, 2.05) is 13.8 Å². The Labute approximate surface area is 116 Å². The van der Waals surface area contributed by atoms with Crippen LogP contribution in [-0.2, 0) is 0 Å². The average molecular weight is 283 g/mol. The van der Waals surface area contributed by atoms with Gasteiger partial charge in [-0.15, -0.1) is 13.2 Å². The van der Waals surface area contributed by atoms with Crippen LogP contribution in [0.5, 0.6) is 5.75 Å². The van der Waals surface area contributed by atoms with Crippen molar-refractivity contribution in [1.29, 1.82) is 0 Å². The third-order valence-corrected chi connectivity index (χ3v) is 2.33. The Balaban J connectivity index is 0.000000956. The van der Waals surface area contributed by atoms with E-state index < -0.39 is 6.36 Å². The molecule has 5 heteroatoms. The van der Waals surface area contributed by atoms with Gasteiger partial charge in [0.05, 0.1) is 0 Å². The van der Waals surface area contributed by atoms with Gasteiger partial charge in [-0.05, 0) is 35.4 Å². The molecule has 0 saturated heterocycles. The zero-order chi connectivity index (χ0) is 15.2. The van der Waals surface area contributed by atoms with E-state index in [0.29, 0.717) is 5.69 Å². The van der Waals surface area contributed by atoms with Crippen molar-refractivity contribution in [2.24, 2.45) is 0 Å². The second kappa shape index (κ2) is 6.84. The van der Waals surface area contributed by atoms with Gasteiger partial charge in [0.15, 0.2) is 0 Å². The van der Waals surface area contributed by atoms with Gasteiger partial charge >= 0.3 is 6.36 Å². The molecule has 2 nitrogen and oxygen atoms in total. The second-order valence-electron chi connectivity index (χ2n) is 3.69. The van der Waals surface area contributed by atoms with Crippen LogP contribution < -0.4 is 10.5 Å². The first-order valence-corrected chi connectivity index (χ1v) is 6.16. The Bertz CT molecular complexity index is 518. The Morgan fingerprint density at radius 2 is 1.20 bits per heavy atom. The summed E-state index contributed by atoms with van der Waals surface area (Å²) in [4.78, 5) is 0. The van der Waals surface area contributed by atoms with Gasteiger partial charge in [0.25, 0.3) is 0 Å². The first-order chi connectivity index (χ1) is 9.44. The molecule has 0 heterocycles. The number of ether oxygens (including phenoxy) is 1. The number of hydrogen-bond donors (Lipinski definition) is 1. The van der Waals surface area contributed by atoms with Crippen molar-refractivity contribution >= 4 is 5.69 Å². The number of hydrogen-bond acceptors (Lipinski definition) is 2. The lowest BCUT2D eigenvalue weighted by Crippen LogP contribution is -2.16. The molecule has 0 aliphatic carbocycles. The van der Waals surface area contributed by atoms with E-state index >= 15 is 0 Å². The summed E-state index contributed by atoms with van der Waals surface area (Å²) in [6.07, 6.45) is -4.66. The molecule has 2 aromatic rings. The van der Waals surface area contributed by atoms with Crippen molar-refractivity contribution in [3.63, 3.8) is 0 Å². The number of anilines is 1. The van der Waals surface area contributed by atoms with E-state index in [4.69, 9.17) is 5.73 Å². The molecule has 0 amide bonds. The Hall–Kier alpha value is -2.17. The molecule has 2 aromatic carbocycles. The van der Waals surface area contributed by atoms with Gasteiger partial charge in [-0.25, -0.2) is 0 Å². The normalized spacial score (nSPS) is 10.4. The van der Waals surface area contributed by atoms with E-state index in [-0.39, 0.29) is 5.75 Å². The van der Waals surface area contributed by atoms with Crippen molar-refractivity contribution in [1.82, 2.24) is 0 Å². The highest BCUT2D eigenvalue weighted by Gasteiger charge is 2.30. The van der Waals surface area contributed by atoms with Crippen LogP contribution in [0.15, 0.2) is 48.5 Å². The fraction of sp³-hybridized carbons (Fsp3) is 0.200. The van der Waals surface area contributed by atoms with Crippen LogP contribution in [0.4, 0.5) is 18.9 Å². The molecule has 0 aromatic heterocycles. The van der Waals surface area contributed by atoms with Crippen LogP contribution in [-0.4, -0.2) is 6.36 Å². The molecular formula is C15H16F3NO. The molecule has 20 heavy (non-hydrogen) atoms. The molecule has 0 radical (unpaired) electrons. The quantitative estimate of drug-likeness (QED) is 0.799. The van der Waals surface area contributed by atoms with Crippen LogP contribution >= 0.6 is 0 Å². The molecule has 0 atom stereocenters. The van der Waals surface area contributed by atoms with Crippen molar-refractivity contribution in [3.05, 3.63) is 48.5 Å². The molecule has 0 aliphatic rings. The lowest BCUT2D eigenvalue weighted by atomic mass is 10.1. The third kappa shape index (κ3) is 4.84. The summed E-state index contributed by atoms with van der Waals surface area (Å²) >= 11 is 0. The Morgan fingerprint density at radius 1 is 0.800 bits per heavy atom. The molecule has 0 saturated carbocycles. The fourth-order valence-corrected chi connectivity index (χ4v) is 1.52. The molecule has 108 valence electrons. The number of alkyl halides is 3. The summed E-state index contributed by atoms with van der Waals surface area (Å²) in [5, 5.41) is 0. The van der Waals surface area contributed by atoms with Crippen LogP contribution in [0.25, 0.3) is 11.1 Å². The molecule has 2 rings (SSSR count). The molecule has 0 bridgehead atoms. The highest BCUT2D eigenvalue weighted by molar-refractivity contribution is 5.66. The third-order valence-electron chi connectivity index (χ3n) is 2.33. The molecule has 0 spiro atoms. The number of benzene rings is 2. The van der Waals surface area contributed by atoms with Gasteiger partial charge < -0.3 is 10.5 Å². The maximum absolute atomic E-state index is 12.0. The summed E-state index contributed by atoms with van der Waals surface area (Å²) in [5.41, 5.74) is 7.86. The topological polar surface area (TPSA) is 35.2 Å². The monoisotopic (exact) mass is 283 g/mol. The summed E-state index contributed by atoms with van der Waals surface area (Å²) in [7, 11) is 0. The number of nitrogen functional groups attached to an aromatic ring is 1. The van der Waals surface area contributed by atoms with Gasteiger partial charge in [-0.3, -0.25) is 0 Å². The summed E-state index contributed by atoms with van der Waals surface area (Å²) in [6.45, 7) is 4.00. The summed E-state index contributed by atoms with van der Waals surface area (Å²) in [6, 6.07) is 12.7. The number of halogens is 3.